The van der Waals surface area contributed by atoms with E-state index in [2.05, 4.69) is 18.8 Å². The molecule has 2 heterocycles. The molecule has 5 nitrogen and oxygen atoms in total. The predicted molar refractivity (Wildman–Crippen MR) is 74.8 cm³/mol. The molecule has 0 saturated carbocycles. The number of rotatable bonds is 6. The summed E-state index contributed by atoms with van der Waals surface area (Å²) >= 11 is 0. The number of anilines is 1. The van der Waals surface area contributed by atoms with Crippen LogP contribution in [0.5, 0.6) is 0 Å². The summed E-state index contributed by atoms with van der Waals surface area (Å²) in [7, 11) is 0. The van der Waals surface area contributed by atoms with E-state index in [1.54, 1.807) is 4.40 Å². The number of fused-ring (bicyclic) bond motifs is 1. The van der Waals surface area contributed by atoms with Gasteiger partial charge in [-0.25, -0.2) is 4.98 Å². The molecule has 1 N–H and O–H groups in total. The molecule has 0 spiro atoms. The van der Waals surface area contributed by atoms with Gasteiger partial charge in [0.1, 0.15) is 11.3 Å². The molecule has 2 aromatic heterocycles. The number of aldehydes is 1. The average Bonchev–Trinajstić information content (AvgIpc) is 2.77. The van der Waals surface area contributed by atoms with E-state index in [0.717, 1.165) is 11.9 Å². The van der Waals surface area contributed by atoms with E-state index < -0.39 is 0 Å². The molecule has 0 aliphatic rings. The molecular weight excluding hydrogens is 242 g/mol. The van der Waals surface area contributed by atoms with Gasteiger partial charge >= 0.3 is 0 Å². The maximum atomic E-state index is 11.4. The summed E-state index contributed by atoms with van der Waals surface area (Å²) in [6.45, 7) is 4.91. The van der Waals surface area contributed by atoms with E-state index in [1.807, 2.05) is 29.3 Å². The Labute approximate surface area is 112 Å². The van der Waals surface area contributed by atoms with E-state index in [4.69, 9.17) is 5.11 Å². The number of hydrogen-bond acceptors (Lipinski definition) is 4. The molecule has 0 atom stereocenters. The van der Waals surface area contributed by atoms with Crippen molar-refractivity contribution in [1.82, 2.24) is 9.38 Å². The smallest absolute Gasteiger partial charge is 0.170 e. The van der Waals surface area contributed by atoms with Crippen LogP contribution in [0.2, 0.25) is 0 Å². The van der Waals surface area contributed by atoms with Crippen LogP contribution in [0.25, 0.3) is 5.65 Å². The Hall–Kier alpha value is -1.88. The predicted octanol–water partition coefficient (Wildman–Crippen LogP) is 1.74. The maximum absolute atomic E-state index is 11.4. The summed E-state index contributed by atoms with van der Waals surface area (Å²) in [5.41, 5.74) is 1.32. The Balaban J connectivity index is 2.49. The van der Waals surface area contributed by atoms with Crippen molar-refractivity contribution in [2.75, 3.05) is 18.1 Å². The average molecular weight is 261 g/mol. The van der Waals surface area contributed by atoms with Gasteiger partial charge in [-0.2, -0.15) is 0 Å². The summed E-state index contributed by atoms with van der Waals surface area (Å²) in [4.78, 5) is 17.9. The van der Waals surface area contributed by atoms with Crippen LogP contribution in [0.3, 0.4) is 0 Å². The number of carbonyl (C=O) groups is 1. The normalized spacial score (nSPS) is 11.2. The third-order valence-corrected chi connectivity index (χ3v) is 3.11. The first kappa shape index (κ1) is 13.5. The van der Waals surface area contributed by atoms with Gasteiger partial charge in [0.15, 0.2) is 12.1 Å². The molecule has 102 valence electrons. The van der Waals surface area contributed by atoms with Crippen LogP contribution in [0, 0.1) is 0 Å². The first-order valence-corrected chi connectivity index (χ1v) is 6.48. The van der Waals surface area contributed by atoms with Crippen molar-refractivity contribution in [3.8, 4) is 0 Å². The number of aliphatic hydroxyl groups excluding tert-OH is 1. The van der Waals surface area contributed by atoms with Crippen LogP contribution in [0.4, 0.5) is 5.82 Å². The van der Waals surface area contributed by atoms with E-state index >= 15 is 0 Å². The Morgan fingerprint density at radius 2 is 2.26 bits per heavy atom. The summed E-state index contributed by atoms with van der Waals surface area (Å²) in [6.07, 6.45) is 3.33. The number of nitrogens with zero attached hydrogens (tertiary/aromatic N) is 3. The van der Waals surface area contributed by atoms with E-state index in [9.17, 15) is 4.79 Å². The lowest BCUT2D eigenvalue weighted by molar-refractivity contribution is 0.111. The molecule has 0 bridgehead atoms. The molecule has 0 unspecified atom stereocenters. The second-order valence-corrected chi connectivity index (χ2v) is 4.73. The first-order chi connectivity index (χ1) is 9.19. The Morgan fingerprint density at radius 1 is 1.47 bits per heavy atom. The SMILES string of the molecule is CC(C)N(CCCO)c1nc2ccccn2c1C=O. The fourth-order valence-electron chi connectivity index (χ4n) is 2.17. The maximum Gasteiger partial charge on any atom is 0.170 e. The van der Waals surface area contributed by atoms with Gasteiger partial charge in [-0.1, -0.05) is 6.07 Å². The third-order valence-electron chi connectivity index (χ3n) is 3.11. The van der Waals surface area contributed by atoms with Crippen LogP contribution < -0.4 is 4.90 Å². The molecule has 0 radical (unpaired) electrons. The summed E-state index contributed by atoms with van der Waals surface area (Å²) in [5, 5.41) is 8.99. The van der Waals surface area contributed by atoms with Crippen molar-refractivity contribution in [3.05, 3.63) is 30.1 Å². The van der Waals surface area contributed by atoms with Gasteiger partial charge in [0.05, 0.1) is 0 Å². The number of aliphatic hydroxyl groups is 1. The topological polar surface area (TPSA) is 57.8 Å². The quantitative estimate of drug-likeness (QED) is 0.805. The van der Waals surface area contributed by atoms with Gasteiger partial charge in [-0.05, 0) is 32.4 Å². The van der Waals surface area contributed by atoms with Gasteiger partial charge in [-0.3, -0.25) is 9.20 Å². The lowest BCUT2D eigenvalue weighted by atomic mass is 10.2. The molecular formula is C14H19N3O2. The zero-order valence-corrected chi connectivity index (χ0v) is 11.3. The van der Waals surface area contributed by atoms with E-state index in [0.29, 0.717) is 24.5 Å². The largest absolute Gasteiger partial charge is 0.396 e. The minimum absolute atomic E-state index is 0.132. The Morgan fingerprint density at radius 3 is 2.89 bits per heavy atom. The van der Waals surface area contributed by atoms with Crippen molar-refractivity contribution in [2.24, 2.45) is 0 Å². The number of carbonyl (C=O) groups excluding carboxylic acids is 1. The minimum Gasteiger partial charge on any atom is -0.396 e. The van der Waals surface area contributed by atoms with E-state index in [1.165, 1.54) is 0 Å². The highest BCUT2D eigenvalue weighted by Gasteiger charge is 2.19. The number of aromatic nitrogens is 2. The monoisotopic (exact) mass is 261 g/mol. The highest BCUT2D eigenvalue weighted by Crippen LogP contribution is 2.22. The van der Waals surface area contributed by atoms with Crippen molar-refractivity contribution >= 4 is 17.8 Å². The van der Waals surface area contributed by atoms with Gasteiger partial charge < -0.3 is 10.0 Å². The fourth-order valence-corrected chi connectivity index (χ4v) is 2.17. The second-order valence-electron chi connectivity index (χ2n) is 4.73. The van der Waals surface area contributed by atoms with Crippen LogP contribution in [0.1, 0.15) is 30.8 Å². The van der Waals surface area contributed by atoms with Gasteiger partial charge in [0.25, 0.3) is 0 Å². The summed E-state index contributed by atoms with van der Waals surface area (Å²) in [5.74, 6) is 0.685. The van der Waals surface area contributed by atoms with Crippen molar-refractivity contribution in [1.29, 1.82) is 0 Å². The third kappa shape index (κ3) is 2.61. The summed E-state index contributed by atoms with van der Waals surface area (Å²) < 4.78 is 1.79. The highest BCUT2D eigenvalue weighted by molar-refractivity contribution is 5.83. The molecule has 5 heteroatoms. The lowest BCUT2D eigenvalue weighted by Gasteiger charge is -2.26. The molecule has 19 heavy (non-hydrogen) atoms. The molecule has 0 aromatic carbocycles. The molecule has 0 aliphatic heterocycles. The second kappa shape index (κ2) is 5.84. The first-order valence-electron chi connectivity index (χ1n) is 6.48. The standard InChI is InChI=1S/C14H19N3O2/c1-11(2)16(8-5-9-18)14-12(10-19)17-7-4-3-6-13(17)15-14/h3-4,6-7,10-11,18H,5,8-9H2,1-2H3. The molecule has 0 saturated heterocycles. The van der Waals surface area contributed by atoms with Gasteiger partial charge in [0.2, 0.25) is 0 Å². The number of hydrogen-bond donors (Lipinski definition) is 1. The van der Waals surface area contributed by atoms with Gasteiger partial charge in [0, 0.05) is 25.4 Å². The molecule has 0 amide bonds. The van der Waals surface area contributed by atoms with Crippen LogP contribution in [0.15, 0.2) is 24.4 Å². The molecule has 0 aliphatic carbocycles. The molecule has 2 rings (SSSR count). The van der Waals surface area contributed by atoms with Crippen molar-refractivity contribution in [2.45, 2.75) is 26.3 Å². The van der Waals surface area contributed by atoms with E-state index in [-0.39, 0.29) is 12.6 Å². The molecule has 0 fully saturated rings. The van der Waals surface area contributed by atoms with Crippen LogP contribution in [-0.4, -0.2) is 40.0 Å². The lowest BCUT2D eigenvalue weighted by Crippen LogP contribution is -2.33. The minimum atomic E-state index is 0.132. The summed E-state index contributed by atoms with van der Waals surface area (Å²) in [6, 6.07) is 5.86. The van der Waals surface area contributed by atoms with Crippen molar-refractivity contribution < 1.29 is 9.90 Å². The molecule has 2 aromatic rings. The highest BCUT2D eigenvalue weighted by atomic mass is 16.3. The van der Waals surface area contributed by atoms with Crippen LogP contribution >= 0.6 is 0 Å². The Kier molecular flexibility index (Phi) is 4.16. The number of imidazole rings is 1. The van der Waals surface area contributed by atoms with Crippen LogP contribution in [-0.2, 0) is 0 Å². The zero-order valence-electron chi connectivity index (χ0n) is 11.3. The zero-order chi connectivity index (χ0) is 13.8. The Bertz CT molecular complexity index is 563. The fraction of sp³-hybridized carbons (Fsp3) is 0.429. The van der Waals surface area contributed by atoms with Gasteiger partial charge in [-0.15, -0.1) is 0 Å². The number of pyridine rings is 1. The van der Waals surface area contributed by atoms with Crippen molar-refractivity contribution in [3.63, 3.8) is 0 Å².